The van der Waals surface area contributed by atoms with Crippen molar-refractivity contribution in [2.24, 2.45) is 10.4 Å². The zero-order valence-electron chi connectivity index (χ0n) is 16.7. The molecule has 144 valence electrons. The Labute approximate surface area is 162 Å². The lowest BCUT2D eigenvalue weighted by atomic mass is 9.84. The Morgan fingerprint density at radius 2 is 1.96 bits per heavy atom. The molecule has 2 N–H and O–H groups in total. The summed E-state index contributed by atoms with van der Waals surface area (Å²) in [4.78, 5) is 20.0. The highest BCUT2D eigenvalue weighted by molar-refractivity contribution is 7.98. The summed E-state index contributed by atoms with van der Waals surface area (Å²) in [5.74, 6) is 0.969. The number of aliphatic imine (C=N–C) groups is 1. The zero-order chi connectivity index (χ0) is 19.2. The number of thioether (sulfide) groups is 1. The van der Waals surface area contributed by atoms with Crippen molar-refractivity contribution in [2.75, 3.05) is 33.9 Å². The number of aryl methyl sites for hydroxylation is 1. The normalized spacial score (nSPS) is 16.4. The maximum atomic E-state index is 12.7. The summed E-state index contributed by atoms with van der Waals surface area (Å²) in [6.45, 7) is 3.46. The molecule has 0 aliphatic heterocycles. The molecule has 0 radical (unpaired) electrons. The molecular formula is C20H32N4OS. The molecule has 0 bridgehead atoms. The SMILES string of the molecule is CN=C(NCc1ccc(C)cc1SC)NCC1(C(=O)N(C)C)CCCC1. The van der Waals surface area contributed by atoms with E-state index in [0.717, 1.165) is 31.6 Å². The molecule has 0 unspecified atom stereocenters. The van der Waals surface area contributed by atoms with E-state index in [-0.39, 0.29) is 11.3 Å². The summed E-state index contributed by atoms with van der Waals surface area (Å²) in [6.07, 6.45) is 6.23. The summed E-state index contributed by atoms with van der Waals surface area (Å²) in [7, 11) is 5.46. The largest absolute Gasteiger partial charge is 0.355 e. The molecule has 1 aromatic carbocycles. The highest BCUT2D eigenvalue weighted by Crippen LogP contribution is 2.38. The Hall–Kier alpha value is -1.69. The lowest BCUT2D eigenvalue weighted by Gasteiger charge is -2.31. The molecule has 0 spiro atoms. The molecule has 0 atom stereocenters. The molecule has 6 heteroatoms. The van der Waals surface area contributed by atoms with E-state index in [1.54, 1.807) is 23.7 Å². The molecule has 1 fully saturated rings. The van der Waals surface area contributed by atoms with Crippen molar-refractivity contribution in [1.82, 2.24) is 15.5 Å². The Balaban J connectivity index is 1.98. The van der Waals surface area contributed by atoms with Crippen molar-refractivity contribution in [3.05, 3.63) is 29.3 Å². The zero-order valence-corrected chi connectivity index (χ0v) is 17.5. The molecule has 1 saturated carbocycles. The van der Waals surface area contributed by atoms with Crippen LogP contribution in [0.5, 0.6) is 0 Å². The molecule has 0 aromatic heterocycles. The molecule has 26 heavy (non-hydrogen) atoms. The van der Waals surface area contributed by atoms with Crippen molar-refractivity contribution in [2.45, 2.75) is 44.0 Å². The number of benzene rings is 1. The number of nitrogens with zero attached hydrogens (tertiary/aromatic N) is 2. The average molecular weight is 377 g/mol. The number of hydrogen-bond acceptors (Lipinski definition) is 3. The van der Waals surface area contributed by atoms with Crippen LogP contribution >= 0.6 is 11.8 Å². The summed E-state index contributed by atoms with van der Waals surface area (Å²) in [5, 5.41) is 6.78. The number of nitrogens with one attached hydrogen (secondary N) is 2. The van der Waals surface area contributed by atoms with Gasteiger partial charge in [-0.25, -0.2) is 0 Å². The molecule has 1 aliphatic carbocycles. The number of carbonyl (C=O) groups is 1. The van der Waals surface area contributed by atoms with Crippen LogP contribution in [0.4, 0.5) is 0 Å². The van der Waals surface area contributed by atoms with Gasteiger partial charge in [-0.1, -0.05) is 25.0 Å². The van der Waals surface area contributed by atoms with E-state index in [1.807, 2.05) is 14.1 Å². The molecule has 1 aliphatic rings. The van der Waals surface area contributed by atoms with Crippen LogP contribution in [0.15, 0.2) is 28.1 Å². The fourth-order valence-corrected chi connectivity index (χ4v) is 4.35. The van der Waals surface area contributed by atoms with Gasteiger partial charge < -0.3 is 15.5 Å². The minimum absolute atomic E-state index is 0.223. The Kier molecular flexibility index (Phi) is 7.38. The minimum atomic E-state index is -0.296. The predicted molar refractivity (Wildman–Crippen MR) is 111 cm³/mol. The van der Waals surface area contributed by atoms with Crippen LogP contribution in [0.3, 0.4) is 0 Å². The van der Waals surface area contributed by atoms with Gasteiger partial charge in [-0.3, -0.25) is 9.79 Å². The van der Waals surface area contributed by atoms with Crippen LogP contribution in [0.1, 0.15) is 36.8 Å². The maximum absolute atomic E-state index is 12.7. The molecule has 5 nitrogen and oxygen atoms in total. The predicted octanol–water partition coefficient (Wildman–Crippen LogP) is 3.03. The highest BCUT2D eigenvalue weighted by atomic mass is 32.2. The Bertz CT molecular complexity index is 651. The smallest absolute Gasteiger partial charge is 0.230 e. The van der Waals surface area contributed by atoms with Crippen LogP contribution < -0.4 is 10.6 Å². The number of carbonyl (C=O) groups excluding carboxylic acids is 1. The van der Waals surface area contributed by atoms with E-state index in [4.69, 9.17) is 0 Å². The average Bonchev–Trinajstić information content (AvgIpc) is 3.11. The second kappa shape index (κ2) is 9.31. The number of hydrogen-bond donors (Lipinski definition) is 2. The van der Waals surface area contributed by atoms with E-state index >= 15 is 0 Å². The minimum Gasteiger partial charge on any atom is -0.355 e. The van der Waals surface area contributed by atoms with Gasteiger partial charge in [-0.15, -0.1) is 11.8 Å². The first kappa shape index (κ1) is 20.6. The summed E-state index contributed by atoms with van der Waals surface area (Å²) >= 11 is 1.76. The molecule has 0 saturated heterocycles. The van der Waals surface area contributed by atoms with Crippen LogP contribution in [0.2, 0.25) is 0 Å². The van der Waals surface area contributed by atoms with E-state index in [9.17, 15) is 4.79 Å². The Morgan fingerprint density at radius 3 is 2.54 bits per heavy atom. The highest BCUT2D eigenvalue weighted by Gasteiger charge is 2.42. The first-order valence-electron chi connectivity index (χ1n) is 9.21. The summed E-state index contributed by atoms with van der Waals surface area (Å²) in [5.41, 5.74) is 2.23. The summed E-state index contributed by atoms with van der Waals surface area (Å²) < 4.78 is 0. The third-order valence-electron chi connectivity index (χ3n) is 5.13. The van der Waals surface area contributed by atoms with Gasteiger partial charge in [0.05, 0.1) is 5.41 Å². The fourth-order valence-electron chi connectivity index (χ4n) is 3.64. The van der Waals surface area contributed by atoms with Crippen LogP contribution in [0.25, 0.3) is 0 Å². The Morgan fingerprint density at radius 1 is 1.27 bits per heavy atom. The molecule has 2 rings (SSSR count). The van der Waals surface area contributed by atoms with Gasteiger partial charge in [-0.2, -0.15) is 0 Å². The van der Waals surface area contributed by atoms with E-state index < -0.39 is 0 Å². The van der Waals surface area contributed by atoms with Crippen molar-refractivity contribution < 1.29 is 4.79 Å². The van der Waals surface area contributed by atoms with Gasteiger partial charge in [0.2, 0.25) is 5.91 Å². The maximum Gasteiger partial charge on any atom is 0.230 e. The topological polar surface area (TPSA) is 56.7 Å². The van der Waals surface area contributed by atoms with Crippen LogP contribution in [0, 0.1) is 12.3 Å². The van der Waals surface area contributed by atoms with Gasteiger partial charge in [-0.05, 0) is 43.2 Å². The number of amides is 1. The van der Waals surface area contributed by atoms with Crippen LogP contribution in [-0.2, 0) is 11.3 Å². The third-order valence-corrected chi connectivity index (χ3v) is 5.95. The second-order valence-corrected chi connectivity index (χ2v) is 8.13. The van der Waals surface area contributed by atoms with E-state index in [0.29, 0.717) is 13.1 Å². The van der Waals surface area contributed by atoms with E-state index in [1.165, 1.54) is 16.0 Å². The molecule has 1 aromatic rings. The van der Waals surface area contributed by atoms with Gasteiger partial charge in [0.1, 0.15) is 0 Å². The first-order chi connectivity index (χ1) is 12.4. The quantitative estimate of drug-likeness (QED) is 0.455. The second-order valence-electron chi connectivity index (χ2n) is 7.28. The molecular weight excluding hydrogens is 344 g/mol. The monoisotopic (exact) mass is 376 g/mol. The van der Waals surface area contributed by atoms with Crippen molar-refractivity contribution in [3.8, 4) is 0 Å². The van der Waals surface area contributed by atoms with Gasteiger partial charge in [0, 0.05) is 39.1 Å². The summed E-state index contributed by atoms with van der Waals surface area (Å²) in [6, 6.07) is 6.51. The standard InChI is InChI=1S/C20H32N4OS/c1-15-8-9-16(17(12-15)26-5)13-22-19(21-2)23-14-20(10-6-7-11-20)18(25)24(3)4/h8-9,12H,6-7,10-11,13-14H2,1-5H3,(H2,21,22,23). The van der Waals surface area contributed by atoms with Crippen molar-refractivity contribution in [1.29, 1.82) is 0 Å². The van der Waals surface area contributed by atoms with Crippen molar-refractivity contribution >= 4 is 23.6 Å². The van der Waals surface area contributed by atoms with E-state index in [2.05, 4.69) is 47.0 Å². The third kappa shape index (κ3) is 4.93. The van der Waals surface area contributed by atoms with Crippen molar-refractivity contribution in [3.63, 3.8) is 0 Å². The molecule has 0 heterocycles. The fraction of sp³-hybridized carbons (Fsp3) is 0.600. The lowest BCUT2D eigenvalue weighted by molar-refractivity contribution is -0.138. The number of guanidine groups is 1. The number of rotatable bonds is 6. The van der Waals surface area contributed by atoms with Crippen LogP contribution in [-0.4, -0.2) is 50.7 Å². The lowest BCUT2D eigenvalue weighted by Crippen LogP contribution is -2.49. The van der Waals surface area contributed by atoms with Gasteiger partial charge in [0.25, 0.3) is 0 Å². The van der Waals surface area contributed by atoms with Gasteiger partial charge >= 0.3 is 0 Å². The molecule has 1 amide bonds. The van der Waals surface area contributed by atoms with Gasteiger partial charge in [0.15, 0.2) is 5.96 Å². The first-order valence-corrected chi connectivity index (χ1v) is 10.4.